The van der Waals surface area contributed by atoms with Gasteiger partial charge in [0.2, 0.25) is 0 Å². The number of aliphatic imine (C=N–C) groups is 1. The molecule has 14 heavy (non-hydrogen) atoms. The van der Waals surface area contributed by atoms with Gasteiger partial charge in [-0.05, 0) is 18.2 Å². The van der Waals surface area contributed by atoms with E-state index in [-0.39, 0.29) is 5.96 Å². The quantitative estimate of drug-likeness (QED) is 0.511. The summed E-state index contributed by atoms with van der Waals surface area (Å²) >= 11 is 0. The zero-order chi connectivity index (χ0) is 9.97. The molecule has 0 atom stereocenters. The number of rotatable bonds is 1. The lowest BCUT2D eigenvalue weighted by atomic mass is 10.1. The molecule has 0 fully saturated rings. The average molecular weight is 189 g/mol. The Morgan fingerprint density at radius 2 is 2.21 bits per heavy atom. The van der Waals surface area contributed by atoms with Gasteiger partial charge in [0.1, 0.15) is 12.4 Å². The average Bonchev–Trinajstić information content (AvgIpc) is 2.17. The topological polar surface area (TPSA) is 73.6 Å². The van der Waals surface area contributed by atoms with E-state index in [0.717, 1.165) is 11.3 Å². The van der Waals surface area contributed by atoms with Crippen LogP contribution in [0.1, 0.15) is 5.56 Å². The summed E-state index contributed by atoms with van der Waals surface area (Å²) in [6.07, 6.45) is 3.97. The van der Waals surface area contributed by atoms with Crippen molar-refractivity contribution in [1.29, 1.82) is 0 Å². The third-order valence-electron chi connectivity index (χ3n) is 1.89. The van der Waals surface area contributed by atoms with Gasteiger partial charge in [-0.25, -0.2) is 4.99 Å². The van der Waals surface area contributed by atoms with E-state index in [1.54, 1.807) is 0 Å². The first kappa shape index (κ1) is 8.62. The highest BCUT2D eigenvalue weighted by Gasteiger charge is 2.05. The summed E-state index contributed by atoms with van der Waals surface area (Å²) in [5.41, 5.74) is 12.3. The van der Waals surface area contributed by atoms with Crippen LogP contribution in [0, 0.1) is 0 Å². The number of hydrogen-bond donors (Lipinski definition) is 2. The minimum Gasteiger partial charge on any atom is -0.489 e. The maximum atomic E-state index is 5.41. The molecular weight excluding hydrogens is 178 g/mol. The largest absolute Gasteiger partial charge is 0.489 e. The Labute approximate surface area is 81.9 Å². The van der Waals surface area contributed by atoms with Gasteiger partial charge in [-0.15, -0.1) is 0 Å². The minimum atomic E-state index is 0.0521. The second-order valence-electron chi connectivity index (χ2n) is 2.97. The highest BCUT2D eigenvalue weighted by Crippen LogP contribution is 2.28. The Morgan fingerprint density at radius 3 is 3.00 bits per heavy atom. The van der Waals surface area contributed by atoms with Crippen molar-refractivity contribution in [2.45, 2.75) is 0 Å². The maximum absolute atomic E-state index is 5.41. The molecule has 4 nitrogen and oxygen atoms in total. The molecule has 1 heterocycles. The highest BCUT2D eigenvalue weighted by atomic mass is 16.5. The van der Waals surface area contributed by atoms with E-state index in [2.05, 4.69) is 4.99 Å². The number of ether oxygens (including phenoxy) is 1. The minimum absolute atomic E-state index is 0.0521. The molecule has 0 spiro atoms. The van der Waals surface area contributed by atoms with Crippen LogP contribution in [-0.2, 0) is 0 Å². The first-order valence-corrected chi connectivity index (χ1v) is 4.29. The zero-order valence-corrected chi connectivity index (χ0v) is 7.60. The first-order chi connectivity index (χ1) is 6.75. The summed E-state index contributed by atoms with van der Waals surface area (Å²) < 4.78 is 5.41. The molecule has 0 aromatic heterocycles. The molecular formula is C10H11N3O. The molecule has 1 aromatic rings. The lowest BCUT2D eigenvalue weighted by molar-refractivity contribution is 0.359. The van der Waals surface area contributed by atoms with Crippen molar-refractivity contribution in [2.75, 3.05) is 6.61 Å². The summed E-state index contributed by atoms with van der Waals surface area (Å²) in [5, 5.41) is 0. The third kappa shape index (κ3) is 1.69. The van der Waals surface area contributed by atoms with Crippen molar-refractivity contribution in [3.05, 3.63) is 29.8 Å². The molecule has 0 saturated carbocycles. The zero-order valence-electron chi connectivity index (χ0n) is 7.60. The van der Waals surface area contributed by atoms with Gasteiger partial charge in [-0.3, -0.25) is 0 Å². The van der Waals surface area contributed by atoms with E-state index in [1.807, 2.05) is 30.4 Å². The van der Waals surface area contributed by atoms with Crippen LogP contribution in [-0.4, -0.2) is 12.6 Å². The van der Waals surface area contributed by atoms with Crippen LogP contribution in [0.2, 0.25) is 0 Å². The van der Waals surface area contributed by atoms with Gasteiger partial charge in [-0.1, -0.05) is 6.08 Å². The molecule has 1 aliphatic heterocycles. The van der Waals surface area contributed by atoms with Crippen LogP contribution in [0.25, 0.3) is 6.08 Å². The molecule has 1 aliphatic rings. The van der Waals surface area contributed by atoms with Crippen LogP contribution >= 0.6 is 0 Å². The van der Waals surface area contributed by atoms with Crippen molar-refractivity contribution < 1.29 is 4.74 Å². The molecule has 0 radical (unpaired) electrons. The molecule has 1 aromatic carbocycles. The van der Waals surface area contributed by atoms with Crippen molar-refractivity contribution in [3.8, 4) is 5.75 Å². The number of guanidine groups is 1. The second kappa shape index (κ2) is 3.41. The third-order valence-corrected chi connectivity index (χ3v) is 1.89. The van der Waals surface area contributed by atoms with Crippen molar-refractivity contribution in [1.82, 2.24) is 0 Å². The number of nitrogens with zero attached hydrogens (tertiary/aromatic N) is 1. The SMILES string of the molecule is NC(N)=Nc1ccc2c(c1)OCC=C2. The van der Waals surface area contributed by atoms with Crippen LogP contribution < -0.4 is 16.2 Å². The van der Waals surface area contributed by atoms with Gasteiger partial charge in [0.25, 0.3) is 0 Å². The number of benzene rings is 1. The maximum Gasteiger partial charge on any atom is 0.191 e. The Hall–Kier alpha value is -1.97. The predicted molar refractivity (Wildman–Crippen MR) is 56.4 cm³/mol. The fourth-order valence-corrected chi connectivity index (χ4v) is 1.32. The van der Waals surface area contributed by atoms with Gasteiger partial charge < -0.3 is 16.2 Å². The van der Waals surface area contributed by atoms with E-state index in [9.17, 15) is 0 Å². The lowest BCUT2D eigenvalue weighted by Gasteiger charge is -2.12. The van der Waals surface area contributed by atoms with Crippen LogP contribution in [0.15, 0.2) is 29.3 Å². The van der Waals surface area contributed by atoms with Crippen molar-refractivity contribution >= 4 is 17.7 Å². The highest BCUT2D eigenvalue weighted by molar-refractivity contribution is 5.79. The van der Waals surface area contributed by atoms with Crippen molar-refractivity contribution in [2.24, 2.45) is 16.5 Å². The standard InChI is InChI=1S/C10H11N3O/c11-10(12)13-8-4-3-7-2-1-5-14-9(7)6-8/h1-4,6H,5H2,(H4,11,12,13). The molecule has 0 aliphatic carbocycles. The summed E-state index contributed by atoms with van der Waals surface area (Å²) in [4.78, 5) is 3.94. The monoisotopic (exact) mass is 189 g/mol. The van der Waals surface area contributed by atoms with E-state index in [1.165, 1.54) is 0 Å². The molecule has 72 valence electrons. The Balaban J connectivity index is 2.39. The Morgan fingerprint density at radius 1 is 1.36 bits per heavy atom. The lowest BCUT2D eigenvalue weighted by Crippen LogP contribution is -2.21. The molecule has 0 unspecified atom stereocenters. The number of fused-ring (bicyclic) bond motifs is 1. The summed E-state index contributed by atoms with van der Waals surface area (Å²) in [6.45, 7) is 0.596. The van der Waals surface area contributed by atoms with Gasteiger partial charge in [0.05, 0.1) is 5.69 Å². The summed E-state index contributed by atoms with van der Waals surface area (Å²) in [5.74, 6) is 0.867. The fourth-order valence-electron chi connectivity index (χ4n) is 1.32. The number of nitrogens with two attached hydrogens (primary N) is 2. The van der Waals surface area contributed by atoms with E-state index >= 15 is 0 Å². The second-order valence-corrected chi connectivity index (χ2v) is 2.97. The van der Waals surface area contributed by atoms with Gasteiger partial charge in [0.15, 0.2) is 5.96 Å². The Kier molecular flexibility index (Phi) is 2.10. The van der Waals surface area contributed by atoms with Gasteiger partial charge in [0, 0.05) is 11.6 Å². The normalized spacial score (nSPS) is 12.9. The predicted octanol–water partition coefficient (Wildman–Crippen LogP) is 0.997. The summed E-state index contributed by atoms with van der Waals surface area (Å²) in [7, 11) is 0. The van der Waals surface area contributed by atoms with Gasteiger partial charge >= 0.3 is 0 Å². The Bertz CT molecular complexity index is 406. The summed E-state index contributed by atoms with van der Waals surface area (Å²) in [6, 6.07) is 5.59. The molecule has 0 saturated heterocycles. The van der Waals surface area contributed by atoms with E-state index in [4.69, 9.17) is 16.2 Å². The number of hydrogen-bond acceptors (Lipinski definition) is 2. The smallest absolute Gasteiger partial charge is 0.191 e. The molecule has 0 amide bonds. The van der Waals surface area contributed by atoms with Crippen LogP contribution in [0.4, 0.5) is 5.69 Å². The molecule has 4 N–H and O–H groups in total. The van der Waals surface area contributed by atoms with Crippen LogP contribution in [0.5, 0.6) is 5.75 Å². The van der Waals surface area contributed by atoms with Gasteiger partial charge in [-0.2, -0.15) is 0 Å². The van der Waals surface area contributed by atoms with Crippen molar-refractivity contribution in [3.63, 3.8) is 0 Å². The molecule has 2 rings (SSSR count). The van der Waals surface area contributed by atoms with E-state index < -0.39 is 0 Å². The molecule has 4 heteroatoms. The van der Waals surface area contributed by atoms with E-state index in [0.29, 0.717) is 12.3 Å². The molecule has 0 bridgehead atoms. The first-order valence-electron chi connectivity index (χ1n) is 4.29. The van der Waals surface area contributed by atoms with Crippen LogP contribution in [0.3, 0.4) is 0 Å². The fraction of sp³-hybridized carbons (Fsp3) is 0.100.